The van der Waals surface area contributed by atoms with Crippen molar-refractivity contribution in [2.45, 2.75) is 19.8 Å². The maximum absolute atomic E-state index is 6.36. The van der Waals surface area contributed by atoms with Crippen LogP contribution in [0.15, 0.2) is 45.6 Å². The molecule has 0 unspecified atom stereocenters. The van der Waals surface area contributed by atoms with Gasteiger partial charge in [0, 0.05) is 16.5 Å². The quantitative estimate of drug-likeness (QED) is 0.718. The molecule has 0 saturated carbocycles. The van der Waals surface area contributed by atoms with Crippen molar-refractivity contribution in [3.63, 3.8) is 0 Å². The van der Waals surface area contributed by atoms with Crippen LogP contribution < -0.4 is 5.73 Å². The van der Waals surface area contributed by atoms with Gasteiger partial charge in [-0.3, -0.25) is 0 Å². The van der Waals surface area contributed by atoms with Gasteiger partial charge in [-0.25, -0.2) is 4.68 Å². The van der Waals surface area contributed by atoms with E-state index in [9.17, 15) is 0 Å². The second-order valence-corrected chi connectivity index (χ2v) is 7.14. The zero-order valence-electron chi connectivity index (χ0n) is 11.7. The first-order valence-electron chi connectivity index (χ1n) is 6.88. The highest BCUT2D eigenvalue weighted by Gasteiger charge is 2.18. The molecule has 0 atom stereocenters. The molecule has 21 heavy (non-hydrogen) atoms. The molecule has 0 aliphatic carbocycles. The van der Waals surface area contributed by atoms with E-state index in [0.29, 0.717) is 0 Å². The van der Waals surface area contributed by atoms with Crippen molar-refractivity contribution in [2.75, 3.05) is 5.73 Å². The van der Waals surface area contributed by atoms with Crippen LogP contribution in [0.5, 0.6) is 0 Å². The number of hydrogen-bond donors (Lipinski definition) is 1. The fourth-order valence-electron chi connectivity index (χ4n) is 2.39. The summed E-state index contributed by atoms with van der Waals surface area (Å²) in [6.07, 6.45) is 1.98. The number of nitrogen functional groups attached to an aromatic ring is 1. The summed E-state index contributed by atoms with van der Waals surface area (Å²) in [7, 11) is 0. The highest BCUT2D eigenvalue weighted by Crippen LogP contribution is 2.34. The Balaban J connectivity index is 2.16. The number of nitrogens with zero attached hydrogens (tertiary/aromatic N) is 2. The first-order chi connectivity index (χ1) is 10.2. The Hall–Kier alpha value is -1.59. The van der Waals surface area contributed by atoms with E-state index in [-0.39, 0.29) is 0 Å². The van der Waals surface area contributed by atoms with Gasteiger partial charge in [0.25, 0.3) is 0 Å². The van der Waals surface area contributed by atoms with Gasteiger partial charge >= 0.3 is 0 Å². The average molecular weight is 362 g/mol. The Labute approximate surface area is 136 Å². The lowest BCUT2D eigenvalue weighted by molar-refractivity contribution is 0.892. The Bertz CT molecular complexity index is 746. The fraction of sp³-hybridized carbons (Fsp3) is 0.188. The van der Waals surface area contributed by atoms with Crippen LogP contribution in [0, 0.1) is 0 Å². The lowest BCUT2D eigenvalue weighted by Crippen LogP contribution is -2.02. The smallest absolute Gasteiger partial charge is 0.131 e. The van der Waals surface area contributed by atoms with Crippen molar-refractivity contribution in [1.82, 2.24) is 9.78 Å². The van der Waals surface area contributed by atoms with E-state index in [1.807, 2.05) is 35.0 Å². The van der Waals surface area contributed by atoms with Crippen molar-refractivity contribution in [3.05, 3.63) is 51.1 Å². The summed E-state index contributed by atoms with van der Waals surface area (Å²) >= 11 is 5.18. The summed E-state index contributed by atoms with van der Waals surface area (Å²) in [5.74, 6) is 0.736. The van der Waals surface area contributed by atoms with Gasteiger partial charge < -0.3 is 5.73 Å². The number of rotatable bonds is 4. The van der Waals surface area contributed by atoms with Crippen molar-refractivity contribution >= 4 is 33.1 Å². The van der Waals surface area contributed by atoms with Gasteiger partial charge in [-0.1, -0.05) is 31.5 Å². The third-order valence-corrected chi connectivity index (χ3v) is 4.87. The topological polar surface area (TPSA) is 43.8 Å². The second-order valence-electron chi connectivity index (χ2n) is 4.85. The predicted octanol–water partition coefficient (Wildman–Crippen LogP) is 4.90. The molecule has 0 bridgehead atoms. The lowest BCUT2D eigenvalue weighted by Gasteiger charge is -2.04. The molecule has 1 aromatic carbocycles. The molecule has 108 valence electrons. The van der Waals surface area contributed by atoms with Gasteiger partial charge in [0.2, 0.25) is 0 Å². The Morgan fingerprint density at radius 3 is 2.67 bits per heavy atom. The number of hydrogen-bond acceptors (Lipinski definition) is 3. The van der Waals surface area contributed by atoms with Gasteiger partial charge in [-0.05, 0) is 40.5 Å². The Morgan fingerprint density at radius 1 is 1.29 bits per heavy atom. The molecule has 0 aliphatic heterocycles. The van der Waals surface area contributed by atoms with Gasteiger partial charge in [0.15, 0.2) is 0 Å². The molecule has 2 heterocycles. The molecule has 3 nitrogen and oxygen atoms in total. The van der Waals surface area contributed by atoms with E-state index in [0.717, 1.165) is 45.0 Å². The number of halogens is 1. The van der Waals surface area contributed by atoms with Crippen LogP contribution in [0.1, 0.15) is 18.9 Å². The fourth-order valence-corrected chi connectivity index (χ4v) is 3.53. The minimum Gasteiger partial charge on any atom is -0.383 e. The van der Waals surface area contributed by atoms with Crippen LogP contribution in [0.4, 0.5) is 5.82 Å². The number of thiophene rings is 1. The third kappa shape index (κ3) is 2.76. The molecule has 0 radical (unpaired) electrons. The van der Waals surface area contributed by atoms with Gasteiger partial charge in [-0.2, -0.15) is 5.10 Å². The number of nitrogens with two attached hydrogens (primary N) is 1. The van der Waals surface area contributed by atoms with E-state index < -0.39 is 0 Å². The van der Waals surface area contributed by atoms with Crippen molar-refractivity contribution in [3.8, 4) is 16.9 Å². The summed E-state index contributed by atoms with van der Waals surface area (Å²) in [6, 6.07) is 12.1. The van der Waals surface area contributed by atoms with Gasteiger partial charge in [0.1, 0.15) is 5.82 Å². The molecule has 0 fully saturated rings. The van der Waals surface area contributed by atoms with Crippen LogP contribution in [-0.4, -0.2) is 9.78 Å². The van der Waals surface area contributed by atoms with E-state index in [1.165, 1.54) is 0 Å². The standard InChI is InChI=1S/C16H16BrN3S/c1-2-6-13-15(11-9-14(17)21-10-11)19-20(16(13)18)12-7-4-3-5-8-12/h3-5,7-10H,2,6,18H2,1H3. The number of aromatic nitrogens is 2. The normalized spacial score (nSPS) is 11.0. The third-order valence-electron chi connectivity index (χ3n) is 3.36. The largest absolute Gasteiger partial charge is 0.383 e. The predicted molar refractivity (Wildman–Crippen MR) is 93.0 cm³/mol. The van der Waals surface area contributed by atoms with Gasteiger partial charge in [-0.15, -0.1) is 11.3 Å². The Kier molecular flexibility index (Phi) is 4.12. The number of para-hydroxylation sites is 1. The van der Waals surface area contributed by atoms with E-state index >= 15 is 0 Å². The first-order valence-corrected chi connectivity index (χ1v) is 8.55. The molecule has 3 aromatic rings. The molecule has 2 N–H and O–H groups in total. The summed E-state index contributed by atoms with van der Waals surface area (Å²) < 4.78 is 2.94. The van der Waals surface area contributed by atoms with E-state index in [1.54, 1.807) is 11.3 Å². The maximum Gasteiger partial charge on any atom is 0.131 e. The van der Waals surface area contributed by atoms with Crippen molar-refractivity contribution in [1.29, 1.82) is 0 Å². The van der Waals surface area contributed by atoms with Crippen LogP contribution in [0.25, 0.3) is 16.9 Å². The molecule has 0 saturated heterocycles. The molecule has 5 heteroatoms. The molecule has 0 amide bonds. The zero-order valence-corrected chi connectivity index (χ0v) is 14.1. The van der Waals surface area contributed by atoms with E-state index in [2.05, 4.69) is 34.3 Å². The van der Waals surface area contributed by atoms with Crippen LogP contribution in [0.3, 0.4) is 0 Å². The van der Waals surface area contributed by atoms with Crippen molar-refractivity contribution < 1.29 is 0 Å². The first kappa shape index (κ1) is 14.4. The summed E-state index contributed by atoms with van der Waals surface area (Å²) in [5, 5.41) is 6.87. The van der Waals surface area contributed by atoms with Crippen LogP contribution in [-0.2, 0) is 6.42 Å². The maximum atomic E-state index is 6.36. The highest BCUT2D eigenvalue weighted by molar-refractivity contribution is 9.11. The molecular formula is C16H16BrN3S. The number of anilines is 1. The number of benzene rings is 1. The summed E-state index contributed by atoms with van der Waals surface area (Å²) in [5.41, 5.74) is 10.6. The monoisotopic (exact) mass is 361 g/mol. The molecule has 3 rings (SSSR count). The van der Waals surface area contributed by atoms with Crippen molar-refractivity contribution in [2.24, 2.45) is 0 Å². The minimum atomic E-state index is 0.736. The summed E-state index contributed by atoms with van der Waals surface area (Å²) in [4.78, 5) is 0. The van der Waals surface area contributed by atoms with E-state index in [4.69, 9.17) is 10.8 Å². The molecule has 0 aliphatic rings. The molecular weight excluding hydrogens is 346 g/mol. The summed E-state index contributed by atoms with van der Waals surface area (Å²) in [6.45, 7) is 2.16. The SMILES string of the molecule is CCCc1c(-c2csc(Br)c2)nn(-c2ccccc2)c1N. The zero-order chi connectivity index (χ0) is 14.8. The minimum absolute atomic E-state index is 0.736. The van der Waals surface area contributed by atoms with Gasteiger partial charge in [0.05, 0.1) is 15.2 Å². The molecule has 0 spiro atoms. The lowest BCUT2D eigenvalue weighted by atomic mass is 10.1. The Morgan fingerprint density at radius 2 is 2.05 bits per heavy atom. The second kappa shape index (κ2) is 6.03. The highest BCUT2D eigenvalue weighted by atomic mass is 79.9. The van der Waals surface area contributed by atoms with Crippen LogP contribution in [0.2, 0.25) is 0 Å². The van der Waals surface area contributed by atoms with Crippen LogP contribution >= 0.6 is 27.3 Å². The molecule has 2 aromatic heterocycles. The average Bonchev–Trinajstić information content (AvgIpc) is 3.06.